The van der Waals surface area contributed by atoms with Crippen LogP contribution in [0.2, 0.25) is 0 Å². The van der Waals surface area contributed by atoms with Gasteiger partial charge >= 0.3 is 0 Å². The molecule has 0 saturated carbocycles. The second kappa shape index (κ2) is 8.72. The molecule has 2 rings (SSSR count). The van der Waals surface area contributed by atoms with Crippen LogP contribution in [0.25, 0.3) is 0 Å². The number of aliphatic imine (C=N–C) groups is 1. The highest BCUT2D eigenvalue weighted by molar-refractivity contribution is 8.00. The molecular formula is C18H31N5S. The summed E-state index contributed by atoms with van der Waals surface area (Å²) in [6, 6.07) is 4.68. The van der Waals surface area contributed by atoms with Gasteiger partial charge in [-0.05, 0) is 43.6 Å². The molecule has 0 spiro atoms. The lowest BCUT2D eigenvalue weighted by Gasteiger charge is -2.23. The monoisotopic (exact) mass is 349 g/mol. The Kier molecular flexibility index (Phi) is 6.92. The highest BCUT2D eigenvalue weighted by Crippen LogP contribution is 2.30. The summed E-state index contributed by atoms with van der Waals surface area (Å²) in [5, 5.41) is 4.31. The predicted octanol–water partition coefficient (Wildman–Crippen LogP) is 2.86. The van der Waals surface area contributed by atoms with Crippen LogP contribution in [-0.4, -0.2) is 46.3 Å². The fourth-order valence-electron chi connectivity index (χ4n) is 2.92. The van der Waals surface area contributed by atoms with Crippen LogP contribution in [-0.2, 0) is 6.54 Å². The lowest BCUT2D eigenvalue weighted by atomic mass is 10.2. The zero-order valence-electron chi connectivity index (χ0n) is 15.4. The van der Waals surface area contributed by atoms with Crippen molar-refractivity contribution < 1.29 is 0 Å². The number of thioether (sulfide) groups is 1. The number of aromatic nitrogens is 1. The molecule has 0 bridgehead atoms. The molecule has 1 saturated heterocycles. The number of nitrogens with zero attached hydrogens (tertiary/aromatic N) is 3. The van der Waals surface area contributed by atoms with Crippen LogP contribution >= 0.6 is 11.8 Å². The third-order valence-electron chi connectivity index (χ3n) is 4.07. The third-order valence-corrected chi connectivity index (χ3v) is 5.11. The molecule has 0 radical (unpaired) electrons. The van der Waals surface area contributed by atoms with Crippen LogP contribution in [0, 0.1) is 0 Å². The van der Waals surface area contributed by atoms with Crippen molar-refractivity contribution in [1.29, 1.82) is 0 Å². The van der Waals surface area contributed by atoms with E-state index in [1.54, 1.807) is 11.8 Å². The zero-order valence-corrected chi connectivity index (χ0v) is 16.2. The Hall–Kier alpha value is -1.27. The Balaban J connectivity index is 1.84. The standard InChI is InChI=1S/C18H31N5S/c1-5-23-10-6-7-15(23)13-22-17(19)21-12-14-8-9-20-16(11-14)24-18(2,3)4/h8-9,11,15H,5-7,10,12-13H2,1-4H3,(H3,19,21,22). The lowest BCUT2D eigenvalue weighted by Crippen LogP contribution is -2.42. The molecule has 1 aromatic heterocycles. The molecule has 2 heterocycles. The smallest absolute Gasteiger partial charge is 0.188 e. The maximum atomic E-state index is 6.03. The first-order chi connectivity index (χ1) is 11.4. The first kappa shape index (κ1) is 19.1. The minimum Gasteiger partial charge on any atom is -0.370 e. The zero-order chi connectivity index (χ0) is 17.6. The summed E-state index contributed by atoms with van der Waals surface area (Å²) >= 11 is 1.77. The van der Waals surface area contributed by atoms with Gasteiger partial charge in [0.25, 0.3) is 0 Å². The van der Waals surface area contributed by atoms with Crippen molar-refractivity contribution in [3.63, 3.8) is 0 Å². The van der Waals surface area contributed by atoms with E-state index in [1.165, 1.54) is 19.4 Å². The first-order valence-electron chi connectivity index (χ1n) is 8.79. The molecule has 1 fully saturated rings. The van der Waals surface area contributed by atoms with Crippen molar-refractivity contribution in [3.05, 3.63) is 23.9 Å². The molecule has 1 unspecified atom stereocenters. The van der Waals surface area contributed by atoms with E-state index in [2.05, 4.69) is 54.0 Å². The number of likely N-dealkylation sites (tertiary alicyclic amines) is 1. The summed E-state index contributed by atoms with van der Waals surface area (Å²) < 4.78 is 0.155. The van der Waals surface area contributed by atoms with Gasteiger partial charge in [0.05, 0.1) is 11.6 Å². The number of hydrogen-bond donors (Lipinski definition) is 2. The van der Waals surface area contributed by atoms with Gasteiger partial charge in [0.2, 0.25) is 0 Å². The second-order valence-corrected chi connectivity index (χ2v) is 9.07. The number of nitrogens with one attached hydrogen (secondary N) is 1. The molecule has 1 aromatic rings. The molecule has 5 nitrogen and oxygen atoms in total. The van der Waals surface area contributed by atoms with Crippen LogP contribution in [0.1, 0.15) is 46.1 Å². The quantitative estimate of drug-likeness (QED) is 0.470. The van der Waals surface area contributed by atoms with E-state index < -0.39 is 0 Å². The minimum absolute atomic E-state index is 0.155. The summed E-state index contributed by atoms with van der Waals surface area (Å²) in [6.07, 6.45) is 4.37. The topological polar surface area (TPSA) is 66.5 Å². The van der Waals surface area contributed by atoms with Crippen molar-refractivity contribution in [2.24, 2.45) is 10.7 Å². The third kappa shape index (κ3) is 6.32. The van der Waals surface area contributed by atoms with Gasteiger partial charge < -0.3 is 11.1 Å². The van der Waals surface area contributed by atoms with Crippen molar-refractivity contribution in [1.82, 2.24) is 15.2 Å². The summed E-state index contributed by atoms with van der Waals surface area (Å²) in [7, 11) is 0. The Morgan fingerprint density at radius 2 is 2.29 bits per heavy atom. The van der Waals surface area contributed by atoms with Crippen LogP contribution in [0.5, 0.6) is 0 Å². The molecule has 0 amide bonds. The maximum Gasteiger partial charge on any atom is 0.188 e. The summed E-state index contributed by atoms with van der Waals surface area (Å²) in [5.74, 6) is 0.528. The largest absolute Gasteiger partial charge is 0.370 e. The highest BCUT2D eigenvalue weighted by atomic mass is 32.2. The molecule has 0 aliphatic carbocycles. The van der Waals surface area contributed by atoms with E-state index in [0.29, 0.717) is 18.5 Å². The molecule has 1 aliphatic heterocycles. The van der Waals surface area contributed by atoms with Gasteiger partial charge in [0.1, 0.15) is 0 Å². The van der Waals surface area contributed by atoms with Crippen LogP contribution in [0.3, 0.4) is 0 Å². The van der Waals surface area contributed by atoms with E-state index in [4.69, 9.17) is 5.73 Å². The van der Waals surface area contributed by atoms with E-state index in [0.717, 1.165) is 23.7 Å². The van der Waals surface area contributed by atoms with Gasteiger partial charge in [-0.15, -0.1) is 11.8 Å². The molecule has 3 N–H and O–H groups in total. The van der Waals surface area contributed by atoms with Crippen molar-refractivity contribution >= 4 is 17.7 Å². The number of rotatable bonds is 6. The van der Waals surface area contributed by atoms with Gasteiger partial charge in [0, 0.05) is 23.5 Å². The van der Waals surface area contributed by atoms with Crippen molar-refractivity contribution in [2.45, 2.75) is 62.9 Å². The van der Waals surface area contributed by atoms with Gasteiger partial charge in [-0.1, -0.05) is 27.7 Å². The van der Waals surface area contributed by atoms with Crippen molar-refractivity contribution in [2.75, 3.05) is 19.6 Å². The minimum atomic E-state index is 0.155. The van der Waals surface area contributed by atoms with Crippen molar-refractivity contribution in [3.8, 4) is 0 Å². The predicted molar refractivity (Wildman–Crippen MR) is 103 cm³/mol. The fraction of sp³-hybridized carbons (Fsp3) is 0.667. The number of pyridine rings is 1. The lowest BCUT2D eigenvalue weighted by molar-refractivity contribution is 0.267. The van der Waals surface area contributed by atoms with Crippen LogP contribution < -0.4 is 11.1 Å². The highest BCUT2D eigenvalue weighted by Gasteiger charge is 2.22. The second-order valence-electron chi connectivity index (χ2n) is 7.22. The molecule has 1 aliphatic rings. The Morgan fingerprint density at radius 3 is 3.00 bits per heavy atom. The molecule has 1 atom stereocenters. The summed E-state index contributed by atoms with van der Waals surface area (Å²) in [6.45, 7) is 12.6. The molecule has 134 valence electrons. The molecule has 6 heteroatoms. The van der Waals surface area contributed by atoms with Gasteiger partial charge in [-0.25, -0.2) is 9.98 Å². The van der Waals surface area contributed by atoms with E-state index >= 15 is 0 Å². The van der Waals surface area contributed by atoms with E-state index in [1.807, 2.05) is 12.3 Å². The molecule has 24 heavy (non-hydrogen) atoms. The normalized spacial score (nSPS) is 19.7. The average molecular weight is 350 g/mol. The number of nitrogens with two attached hydrogens (primary N) is 1. The number of likely N-dealkylation sites (N-methyl/N-ethyl adjacent to an activating group) is 1. The first-order valence-corrected chi connectivity index (χ1v) is 9.61. The van der Waals surface area contributed by atoms with E-state index in [9.17, 15) is 0 Å². The van der Waals surface area contributed by atoms with Gasteiger partial charge in [-0.2, -0.15) is 0 Å². The Bertz CT molecular complexity index is 553. The Labute approximate surface area is 150 Å². The van der Waals surface area contributed by atoms with Gasteiger partial charge in [0.15, 0.2) is 5.96 Å². The summed E-state index contributed by atoms with van der Waals surface area (Å²) in [5.41, 5.74) is 7.16. The van der Waals surface area contributed by atoms with Crippen LogP contribution in [0.4, 0.5) is 0 Å². The molecule has 0 aromatic carbocycles. The fourth-order valence-corrected chi connectivity index (χ4v) is 3.87. The number of hydrogen-bond acceptors (Lipinski definition) is 4. The van der Waals surface area contributed by atoms with Gasteiger partial charge in [-0.3, -0.25) is 4.90 Å². The molecular weight excluding hydrogens is 318 g/mol. The Morgan fingerprint density at radius 1 is 1.50 bits per heavy atom. The SMILES string of the molecule is CCN1CCCC1CNC(N)=NCc1ccnc(SC(C)(C)C)c1. The summed E-state index contributed by atoms with van der Waals surface area (Å²) in [4.78, 5) is 11.4. The number of guanidine groups is 1. The van der Waals surface area contributed by atoms with E-state index in [-0.39, 0.29) is 4.75 Å². The average Bonchev–Trinajstić information content (AvgIpc) is 2.97. The van der Waals surface area contributed by atoms with Crippen LogP contribution in [0.15, 0.2) is 28.3 Å². The maximum absolute atomic E-state index is 6.03.